The number of rotatable bonds is 6. The van der Waals surface area contributed by atoms with Gasteiger partial charge in [-0.25, -0.2) is 9.78 Å². The maximum Gasteiger partial charge on any atom is 0.328 e. The molecule has 0 fully saturated rings. The van der Waals surface area contributed by atoms with Crippen molar-refractivity contribution in [3.63, 3.8) is 0 Å². The second kappa shape index (κ2) is 8.64. The molecule has 0 spiro atoms. The molecular formula is C26H25N5O3. The first kappa shape index (κ1) is 21.7. The molecule has 172 valence electrons. The number of likely N-dealkylation sites (N-methyl/N-ethyl adjacent to an activating group) is 1. The van der Waals surface area contributed by atoms with E-state index in [1.165, 1.54) is 4.57 Å². The summed E-state index contributed by atoms with van der Waals surface area (Å²) in [5, 5.41) is 1.42. The molecule has 3 heterocycles. The monoisotopic (exact) mass is 455 g/mol. The molecule has 8 heteroatoms. The lowest BCUT2D eigenvalue weighted by molar-refractivity contribution is 0.377. The number of fused-ring (bicyclic) bond motifs is 2. The van der Waals surface area contributed by atoms with E-state index in [0.29, 0.717) is 24.0 Å². The minimum Gasteiger partial charge on any atom is -0.496 e. The summed E-state index contributed by atoms with van der Waals surface area (Å²) in [5.74, 6) is 0.779. The molecule has 3 aromatic heterocycles. The van der Waals surface area contributed by atoms with Crippen molar-refractivity contribution in [2.45, 2.75) is 6.54 Å². The first-order valence-corrected chi connectivity index (χ1v) is 11.0. The van der Waals surface area contributed by atoms with E-state index < -0.39 is 5.69 Å². The van der Waals surface area contributed by atoms with Crippen LogP contribution in [-0.4, -0.2) is 52.2 Å². The predicted molar refractivity (Wildman–Crippen MR) is 134 cm³/mol. The molecule has 0 aliphatic carbocycles. The van der Waals surface area contributed by atoms with Crippen molar-refractivity contribution in [2.24, 2.45) is 0 Å². The van der Waals surface area contributed by atoms with E-state index in [1.807, 2.05) is 61.6 Å². The van der Waals surface area contributed by atoms with Gasteiger partial charge >= 0.3 is 5.69 Å². The summed E-state index contributed by atoms with van der Waals surface area (Å²) in [6.07, 6.45) is 3.70. The Kier molecular flexibility index (Phi) is 5.51. The molecule has 0 aliphatic heterocycles. The smallest absolute Gasteiger partial charge is 0.328 e. The molecule has 0 saturated heterocycles. The number of aromatic amines is 2. The highest BCUT2D eigenvalue weighted by Gasteiger charge is 2.14. The van der Waals surface area contributed by atoms with Crippen LogP contribution in [0.15, 0.2) is 70.5 Å². The number of hydrogen-bond acceptors (Lipinski definition) is 5. The van der Waals surface area contributed by atoms with Crippen LogP contribution in [0.2, 0.25) is 0 Å². The average Bonchev–Trinajstić information content (AvgIpc) is 3.26. The van der Waals surface area contributed by atoms with Crippen LogP contribution in [0.4, 0.5) is 0 Å². The molecular weight excluding hydrogens is 430 g/mol. The van der Waals surface area contributed by atoms with E-state index in [9.17, 15) is 9.59 Å². The minimum atomic E-state index is -0.399. The van der Waals surface area contributed by atoms with Gasteiger partial charge in [-0.15, -0.1) is 0 Å². The summed E-state index contributed by atoms with van der Waals surface area (Å²) < 4.78 is 6.80. The van der Waals surface area contributed by atoms with Crippen molar-refractivity contribution in [2.75, 3.05) is 27.7 Å². The molecule has 34 heavy (non-hydrogen) atoms. The van der Waals surface area contributed by atoms with Crippen LogP contribution in [0.5, 0.6) is 5.75 Å². The number of nitrogens with zero attached hydrogens (tertiary/aromatic N) is 3. The average molecular weight is 456 g/mol. The summed E-state index contributed by atoms with van der Waals surface area (Å²) in [5.41, 5.74) is 4.25. The molecule has 0 radical (unpaired) electrons. The van der Waals surface area contributed by atoms with Crippen molar-refractivity contribution < 1.29 is 4.74 Å². The lowest BCUT2D eigenvalue weighted by Gasteiger charge is -2.11. The van der Waals surface area contributed by atoms with Crippen LogP contribution in [0, 0.1) is 0 Å². The maximum atomic E-state index is 13.1. The van der Waals surface area contributed by atoms with Crippen molar-refractivity contribution in [1.29, 1.82) is 0 Å². The third-order valence-corrected chi connectivity index (χ3v) is 6.01. The number of ether oxygens (including phenoxy) is 1. The lowest BCUT2D eigenvalue weighted by atomic mass is 10.0. The highest BCUT2D eigenvalue weighted by molar-refractivity contribution is 5.97. The zero-order valence-electron chi connectivity index (χ0n) is 19.3. The standard InChI is InChI=1S/C26H25N5O3/c1-30(2)10-11-31-25(32)20-12-16(8-9-22(20)29-26(31)33)17-13-19-21(15-28-24(19)27-14-17)18-6-4-5-7-23(18)34-3/h4-9,12-15H,10-11H2,1-3H3,(H,27,28)(H,29,33). The van der Waals surface area contributed by atoms with Crippen LogP contribution < -0.4 is 16.0 Å². The second-order valence-electron chi connectivity index (χ2n) is 8.47. The molecule has 5 aromatic rings. The zero-order valence-corrected chi connectivity index (χ0v) is 19.3. The third kappa shape index (κ3) is 3.78. The Labute approximate surface area is 195 Å². The van der Waals surface area contributed by atoms with Gasteiger partial charge in [0.15, 0.2) is 0 Å². The first-order valence-electron chi connectivity index (χ1n) is 11.0. The Bertz CT molecular complexity index is 1630. The Hall–Kier alpha value is -4.17. The highest BCUT2D eigenvalue weighted by atomic mass is 16.5. The van der Waals surface area contributed by atoms with Gasteiger partial charge in [0.2, 0.25) is 0 Å². The topological polar surface area (TPSA) is 96.0 Å². The Balaban J connectivity index is 1.63. The van der Waals surface area contributed by atoms with Crippen molar-refractivity contribution in [1.82, 2.24) is 24.4 Å². The largest absolute Gasteiger partial charge is 0.496 e. The van der Waals surface area contributed by atoms with Crippen LogP contribution in [-0.2, 0) is 6.54 Å². The summed E-state index contributed by atoms with van der Waals surface area (Å²) in [4.78, 5) is 38.1. The van der Waals surface area contributed by atoms with Crippen molar-refractivity contribution in [3.05, 3.63) is 81.8 Å². The van der Waals surface area contributed by atoms with Gasteiger partial charge in [-0.3, -0.25) is 9.36 Å². The van der Waals surface area contributed by atoms with E-state index in [0.717, 1.165) is 39.0 Å². The molecule has 0 aliphatic rings. The zero-order chi connectivity index (χ0) is 23.8. The fraction of sp³-hybridized carbons (Fsp3) is 0.192. The van der Waals surface area contributed by atoms with Crippen LogP contribution in [0.3, 0.4) is 0 Å². The van der Waals surface area contributed by atoms with Crippen LogP contribution in [0.25, 0.3) is 44.2 Å². The predicted octanol–water partition coefficient (Wildman–Crippen LogP) is 3.47. The van der Waals surface area contributed by atoms with E-state index >= 15 is 0 Å². The number of hydrogen-bond donors (Lipinski definition) is 2. The highest BCUT2D eigenvalue weighted by Crippen LogP contribution is 2.36. The van der Waals surface area contributed by atoms with Crippen molar-refractivity contribution in [3.8, 4) is 28.0 Å². The maximum absolute atomic E-state index is 13.1. The van der Waals surface area contributed by atoms with Gasteiger partial charge in [-0.1, -0.05) is 24.3 Å². The summed E-state index contributed by atoms with van der Waals surface area (Å²) in [6.45, 7) is 0.911. The number of nitrogens with one attached hydrogen (secondary N) is 2. The minimum absolute atomic E-state index is 0.298. The number of benzene rings is 2. The molecule has 0 unspecified atom stereocenters. The molecule has 0 amide bonds. The molecule has 0 saturated carbocycles. The SMILES string of the molecule is COc1ccccc1-c1c[nH]c2ncc(-c3ccc4[nH]c(=O)n(CCN(C)C)c(=O)c4c3)cc12. The molecule has 5 rings (SSSR count). The van der Waals surface area contributed by atoms with E-state index in [-0.39, 0.29) is 5.56 Å². The van der Waals surface area contributed by atoms with Gasteiger partial charge in [0.05, 0.1) is 18.0 Å². The fourth-order valence-electron chi connectivity index (χ4n) is 4.18. The van der Waals surface area contributed by atoms with Gasteiger partial charge in [-0.05, 0) is 43.9 Å². The number of H-pyrrole nitrogens is 2. The van der Waals surface area contributed by atoms with Gasteiger partial charge in [0.1, 0.15) is 11.4 Å². The summed E-state index contributed by atoms with van der Waals surface area (Å²) in [7, 11) is 5.46. The van der Waals surface area contributed by atoms with E-state index in [1.54, 1.807) is 19.4 Å². The number of methoxy groups -OCH3 is 1. The number of para-hydroxylation sites is 1. The summed E-state index contributed by atoms with van der Waals surface area (Å²) in [6, 6.07) is 15.4. The first-order chi connectivity index (χ1) is 16.5. The van der Waals surface area contributed by atoms with Crippen LogP contribution in [0.1, 0.15) is 0 Å². The normalized spacial score (nSPS) is 11.5. The molecule has 0 atom stereocenters. The van der Waals surface area contributed by atoms with E-state index in [2.05, 4.69) is 21.0 Å². The summed E-state index contributed by atoms with van der Waals surface area (Å²) >= 11 is 0. The van der Waals surface area contributed by atoms with E-state index in [4.69, 9.17) is 4.74 Å². The van der Waals surface area contributed by atoms with Gasteiger partial charge in [0.25, 0.3) is 5.56 Å². The molecule has 2 N–H and O–H groups in total. The number of pyridine rings is 1. The third-order valence-electron chi connectivity index (χ3n) is 6.01. The fourth-order valence-corrected chi connectivity index (χ4v) is 4.18. The Morgan fingerprint density at radius 3 is 2.59 bits per heavy atom. The number of aromatic nitrogens is 4. The molecule has 2 aromatic carbocycles. The van der Waals surface area contributed by atoms with Crippen LogP contribution >= 0.6 is 0 Å². The quantitative estimate of drug-likeness (QED) is 0.409. The van der Waals surface area contributed by atoms with Crippen molar-refractivity contribution >= 4 is 21.9 Å². The Morgan fingerprint density at radius 2 is 1.79 bits per heavy atom. The Morgan fingerprint density at radius 1 is 1.00 bits per heavy atom. The molecule has 8 nitrogen and oxygen atoms in total. The van der Waals surface area contributed by atoms with Gasteiger partial charge in [-0.2, -0.15) is 0 Å². The molecule has 0 bridgehead atoms. The lowest BCUT2D eigenvalue weighted by Crippen LogP contribution is -2.37. The van der Waals surface area contributed by atoms with Gasteiger partial charge < -0.3 is 19.6 Å². The second-order valence-corrected chi connectivity index (χ2v) is 8.47. The van der Waals surface area contributed by atoms with Gasteiger partial charge in [0, 0.05) is 47.6 Å².